The van der Waals surface area contributed by atoms with E-state index in [4.69, 9.17) is 0 Å². The summed E-state index contributed by atoms with van der Waals surface area (Å²) < 4.78 is 0. The second-order valence-electron chi connectivity index (χ2n) is 6.19. The monoisotopic (exact) mass is 358 g/mol. The van der Waals surface area contributed by atoms with E-state index >= 15 is 0 Å². The second-order valence-corrected chi connectivity index (χ2v) is 7.22. The van der Waals surface area contributed by atoms with Gasteiger partial charge in [-0.15, -0.1) is 11.3 Å². The van der Waals surface area contributed by atoms with Crippen LogP contribution in [-0.2, 0) is 11.3 Å². The van der Waals surface area contributed by atoms with Gasteiger partial charge in [0.1, 0.15) is 5.82 Å². The fourth-order valence-electron chi connectivity index (χ4n) is 2.90. The lowest BCUT2D eigenvalue weighted by Crippen LogP contribution is -2.38. The topological polar surface area (TPSA) is 65.5 Å². The lowest BCUT2D eigenvalue weighted by Gasteiger charge is -2.23. The number of anilines is 1. The smallest absolute Gasteiger partial charge is 0.255 e. The third-order valence-corrected chi connectivity index (χ3v) is 5.41. The Balaban J connectivity index is 1.56. The maximum Gasteiger partial charge on any atom is 0.255 e. The van der Waals surface area contributed by atoms with E-state index in [1.54, 1.807) is 47.4 Å². The molecular weight excluding hydrogens is 336 g/mol. The van der Waals surface area contributed by atoms with E-state index in [2.05, 4.69) is 16.4 Å². The maximum absolute atomic E-state index is 12.6. The molecule has 132 valence electrons. The van der Waals surface area contributed by atoms with Crippen LogP contribution in [-0.4, -0.2) is 52.8 Å². The Hall–Kier alpha value is -2.41. The van der Waals surface area contributed by atoms with Gasteiger partial charge in [-0.25, -0.2) is 4.98 Å². The average molecular weight is 358 g/mol. The lowest BCUT2D eigenvalue weighted by atomic mass is 10.2. The molecule has 0 saturated carbocycles. The number of likely N-dealkylation sites (N-methyl/N-ethyl adjacent to an activating group) is 1. The molecule has 1 atom stereocenters. The summed E-state index contributed by atoms with van der Waals surface area (Å²) in [5.74, 6) is 0.749. The Morgan fingerprint density at radius 3 is 2.88 bits per heavy atom. The Morgan fingerprint density at radius 2 is 2.24 bits per heavy atom. The van der Waals surface area contributed by atoms with Gasteiger partial charge in [0.2, 0.25) is 5.91 Å². The van der Waals surface area contributed by atoms with Crippen LogP contribution in [0.15, 0.2) is 35.8 Å². The summed E-state index contributed by atoms with van der Waals surface area (Å²) in [5, 5.41) is 5.29. The quantitative estimate of drug-likeness (QED) is 0.892. The molecule has 3 rings (SSSR count). The summed E-state index contributed by atoms with van der Waals surface area (Å²) in [5.41, 5.74) is 0.577. The number of nitrogens with one attached hydrogen (secondary N) is 1. The fraction of sp³-hybridized carbons (Fsp3) is 0.389. The van der Waals surface area contributed by atoms with Gasteiger partial charge >= 0.3 is 0 Å². The van der Waals surface area contributed by atoms with Crippen molar-refractivity contribution >= 4 is 29.0 Å². The van der Waals surface area contributed by atoms with E-state index in [9.17, 15) is 9.59 Å². The van der Waals surface area contributed by atoms with Crippen molar-refractivity contribution in [3.63, 3.8) is 0 Å². The fourth-order valence-corrected chi connectivity index (χ4v) is 3.54. The average Bonchev–Trinajstić information content (AvgIpc) is 3.30. The molecule has 1 N–H and O–H groups in total. The number of carbonyl (C=O) groups is 2. The minimum absolute atomic E-state index is 0.0298. The van der Waals surface area contributed by atoms with Crippen molar-refractivity contribution in [3.05, 3.63) is 46.3 Å². The maximum atomic E-state index is 12.6. The molecule has 0 radical (unpaired) electrons. The summed E-state index contributed by atoms with van der Waals surface area (Å²) in [6, 6.07) is 7.81. The van der Waals surface area contributed by atoms with Crippen LogP contribution in [0.4, 0.5) is 5.82 Å². The highest BCUT2D eigenvalue weighted by Gasteiger charge is 2.30. The third kappa shape index (κ3) is 4.17. The first-order valence-electron chi connectivity index (χ1n) is 8.29. The predicted octanol–water partition coefficient (Wildman–Crippen LogP) is 2.45. The van der Waals surface area contributed by atoms with Crippen LogP contribution in [0, 0.1) is 0 Å². The Morgan fingerprint density at radius 1 is 1.40 bits per heavy atom. The molecule has 0 bridgehead atoms. The molecule has 2 amide bonds. The highest BCUT2D eigenvalue weighted by Crippen LogP contribution is 2.18. The number of carbonyl (C=O) groups excluding carboxylic acids is 2. The number of pyridine rings is 1. The molecule has 6 nitrogen and oxygen atoms in total. The van der Waals surface area contributed by atoms with Crippen molar-refractivity contribution in [3.8, 4) is 0 Å². The zero-order valence-corrected chi connectivity index (χ0v) is 15.3. The van der Waals surface area contributed by atoms with Crippen LogP contribution in [0.1, 0.15) is 28.6 Å². The van der Waals surface area contributed by atoms with Crippen molar-refractivity contribution in [2.24, 2.45) is 0 Å². The van der Waals surface area contributed by atoms with E-state index in [1.807, 2.05) is 17.5 Å². The zero-order chi connectivity index (χ0) is 17.8. The summed E-state index contributed by atoms with van der Waals surface area (Å²) in [4.78, 5) is 33.1. The van der Waals surface area contributed by atoms with Crippen LogP contribution in [0.25, 0.3) is 0 Å². The van der Waals surface area contributed by atoms with Gasteiger partial charge < -0.3 is 15.1 Å². The van der Waals surface area contributed by atoms with Crippen LogP contribution >= 0.6 is 11.3 Å². The van der Waals surface area contributed by atoms with Crippen molar-refractivity contribution in [1.29, 1.82) is 0 Å². The van der Waals surface area contributed by atoms with Gasteiger partial charge in [-0.2, -0.15) is 0 Å². The highest BCUT2D eigenvalue weighted by atomic mass is 32.1. The Kier molecular flexibility index (Phi) is 5.33. The van der Waals surface area contributed by atoms with Crippen LogP contribution in [0.3, 0.4) is 0 Å². The molecule has 3 heterocycles. The summed E-state index contributed by atoms with van der Waals surface area (Å²) in [6.07, 6.45) is 2.43. The molecule has 0 unspecified atom stereocenters. The third-order valence-electron chi connectivity index (χ3n) is 4.53. The van der Waals surface area contributed by atoms with Crippen molar-refractivity contribution in [1.82, 2.24) is 14.8 Å². The first-order chi connectivity index (χ1) is 12.0. The van der Waals surface area contributed by atoms with Crippen molar-refractivity contribution in [2.75, 3.05) is 25.5 Å². The van der Waals surface area contributed by atoms with Gasteiger partial charge in [0.25, 0.3) is 5.91 Å². The first-order valence-corrected chi connectivity index (χ1v) is 9.17. The Bertz CT molecular complexity index is 730. The van der Waals surface area contributed by atoms with Crippen molar-refractivity contribution < 1.29 is 9.59 Å². The van der Waals surface area contributed by atoms with Crippen LogP contribution in [0.5, 0.6) is 0 Å². The van der Waals surface area contributed by atoms with Crippen LogP contribution < -0.4 is 5.32 Å². The van der Waals surface area contributed by atoms with E-state index < -0.39 is 0 Å². The van der Waals surface area contributed by atoms with E-state index in [-0.39, 0.29) is 17.9 Å². The van der Waals surface area contributed by atoms with Gasteiger partial charge in [0.15, 0.2) is 0 Å². The van der Waals surface area contributed by atoms with E-state index in [0.29, 0.717) is 18.7 Å². The Labute approximate surface area is 151 Å². The van der Waals surface area contributed by atoms with Crippen LogP contribution in [0.2, 0.25) is 0 Å². The normalized spacial score (nSPS) is 16.7. The van der Waals surface area contributed by atoms with Gasteiger partial charge in [0, 0.05) is 38.1 Å². The largest absolute Gasteiger partial charge is 0.365 e. The number of likely N-dealkylation sites (tertiary alicyclic amines) is 1. The number of nitrogens with zero attached hydrogens (tertiary/aromatic N) is 3. The molecule has 1 fully saturated rings. The zero-order valence-electron chi connectivity index (χ0n) is 14.4. The molecule has 2 aromatic heterocycles. The second kappa shape index (κ2) is 7.65. The molecule has 2 aromatic rings. The molecule has 1 saturated heterocycles. The predicted molar refractivity (Wildman–Crippen MR) is 98.6 cm³/mol. The number of rotatable bonds is 5. The minimum Gasteiger partial charge on any atom is -0.365 e. The molecule has 0 aliphatic carbocycles. The molecule has 0 aromatic carbocycles. The van der Waals surface area contributed by atoms with Gasteiger partial charge in [-0.1, -0.05) is 6.07 Å². The van der Waals surface area contributed by atoms with Gasteiger partial charge in [-0.05, 0) is 30.0 Å². The number of hydrogen-bond donors (Lipinski definition) is 1. The first kappa shape index (κ1) is 17.4. The van der Waals surface area contributed by atoms with Crippen molar-refractivity contribution in [2.45, 2.75) is 25.9 Å². The number of aromatic nitrogens is 1. The van der Waals surface area contributed by atoms with E-state index in [1.165, 1.54) is 4.88 Å². The number of thiophene rings is 1. The molecule has 25 heavy (non-hydrogen) atoms. The molecule has 1 aliphatic rings. The standard InChI is InChI=1S/C18H22N4O2S/c1-13(23)21(2)15-7-8-22(12-15)18(24)14-5-6-17(19-10-14)20-11-16-4-3-9-25-16/h3-6,9-10,15H,7-8,11-12H2,1-2H3,(H,19,20)/t15-/m0/s1. The minimum atomic E-state index is -0.0308. The van der Waals surface area contributed by atoms with E-state index in [0.717, 1.165) is 18.8 Å². The molecular formula is C18H22N4O2S. The summed E-state index contributed by atoms with van der Waals surface area (Å²) in [6.45, 7) is 3.52. The van der Waals surface area contributed by atoms with Gasteiger partial charge in [-0.3, -0.25) is 9.59 Å². The highest BCUT2D eigenvalue weighted by molar-refractivity contribution is 7.09. The van der Waals surface area contributed by atoms with Gasteiger partial charge in [0.05, 0.1) is 18.2 Å². The SMILES string of the molecule is CC(=O)N(C)[C@H]1CCN(C(=O)c2ccc(NCc3cccs3)nc2)C1. The molecule has 7 heteroatoms. The molecule has 1 aliphatic heterocycles. The number of amides is 2. The summed E-state index contributed by atoms with van der Waals surface area (Å²) >= 11 is 1.69. The summed E-state index contributed by atoms with van der Waals surface area (Å²) in [7, 11) is 1.79. The number of hydrogen-bond acceptors (Lipinski definition) is 5. The lowest BCUT2D eigenvalue weighted by molar-refractivity contribution is -0.129. The molecule has 0 spiro atoms.